The monoisotopic (exact) mass is 398 g/mol. The number of carbonyl (C=O) groups is 1. The first-order chi connectivity index (χ1) is 14.0. The average Bonchev–Trinajstić information content (AvgIpc) is 2.65. The second-order valence-corrected chi connectivity index (χ2v) is 7.84. The number of nitriles is 1. The van der Waals surface area contributed by atoms with E-state index in [4.69, 9.17) is 14.7 Å². The highest BCUT2D eigenvalue weighted by Gasteiger charge is 2.54. The smallest absolute Gasteiger partial charge is 0.407 e. The van der Waals surface area contributed by atoms with Crippen LogP contribution >= 0.6 is 0 Å². The highest BCUT2D eigenvalue weighted by atomic mass is 19.1. The van der Waals surface area contributed by atoms with Gasteiger partial charge in [0.2, 0.25) is 0 Å². The molecule has 0 saturated heterocycles. The van der Waals surface area contributed by atoms with E-state index < -0.39 is 17.7 Å². The highest BCUT2D eigenvalue weighted by molar-refractivity contribution is 5.67. The first-order valence-corrected chi connectivity index (χ1v) is 9.49. The van der Waals surface area contributed by atoms with Crippen molar-refractivity contribution in [3.63, 3.8) is 0 Å². The van der Waals surface area contributed by atoms with Gasteiger partial charge >= 0.3 is 6.09 Å². The molecule has 1 spiro atoms. The molecule has 29 heavy (non-hydrogen) atoms. The molecule has 2 aromatic carbocycles. The van der Waals surface area contributed by atoms with E-state index in [1.54, 1.807) is 6.07 Å². The van der Waals surface area contributed by atoms with Gasteiger partial charge in [-0.25, -0.2) is 13.6 Å². The molecule has 2 aliphatic rings. The van der Waals surface area contributed by atoms with E-state index in [9.17, 15) is 13.6 Å². The number of nitrogens with one attached hydrogen (secondary N) is 1. The fraction of sp³-hybridized carbons (Fsp3) is 0.364. The minimum atomic E-state index is -0.864. The topological polar surface area (TPSA) is 71.3 Å². The van der Waals surface area contributed by atoms with Gasteiger partial charge in [-0.3, -0.25) is 0 Å². The molecule has 1 N–H and O–H groups in total. The molecule has 2 aliphatic carbocycles. The van der Waals surface area contributed by atoms with Gasteiger partial charge in [-0.2, -0.15) is 5.26 Å². The number of hydrogen-bond donors (Lipinski definition) is 1. The van der Waals surface area contributed by atoms with Gasteiger partial charge in [-0.15, -0.1) is 0 Å². The van der Waals surface area contributed by atoms with Crippen molar-refractivity contribution in [2.75, 3.05) is 0 Å². The van der Waals surface area contributed by atoms with Crippen LogP contribution < -0.4 is 10.1 Å². The molecule has 0 atom stereocenters. The Kier molecular flexibility index (Phi) is 5.10. The van der Waals surface area contributed by atoms with E-state index in [2.05, 4.69) is 5.32 Å². The van der Waals surface area contributed by atoms with E-state index in [1.807, 2.05) is 30.3 Å². The van der Waals surface area contributed by atoms with Crippen molar-refractivity contribution in [2.45, 2.75) is 44.4 Å². The summed E-state index contributed by atoms with van der Waals surface area (Å²) in [5.74, 6) is -1.85. The van der Waals surface area contributed by atoms with Crippen LogP contribution in [0.3, 0.4) is 0 Å². The molecule has 5 nitrogen and oxygen atoms in total. The Labute approximate surface area is 167 Å². The minimum Gasteiger partial charge on any atom is -0.486 e. The highest BCUT2D eigenvalue weighted by Crippen LogP contribution is 2.57. The molecule has 0 aromatic heterocycles. The Morgan fingerprint density at radius 1 is 1.17 bits per heavy atom. The maximum Gasteiger partial charge on any atom is 0.407 e. The number of halogens is 2. The Morgan fingerprint density at radius 3 is 2.59 bits per heavy atom. The van der Waals surface area contributed by atoms with Gasteiger partial charge in [-0.05, 0) is 42.7 Å². The number of hydrogen-bond acceptors (Lipinski definition) is 4. The van der Waals surface area contributed by atoms with Crippen LogP contribution in [-0.2, 0) is 11.3 Å². The first kappa shape index (κ1) is 19.2. The van der Waals surface area contributed by atoms with Crippen LogP contribution in [0.15, 0.2) is 42.5 Å². The number of carbonyl (C=O) groups excluding carboxylic acids is 1. The first-order valence-electron chi connectivity index (χ1n) is 9.49. The van der Waals surface area contributed by atoms with Crippen LogP contribution in [-0.4, -0.2) is 18.2 Å². The summed E-state index contributed by atoms with van der Waals surface area (Å²) in [5, 5.41) is 11.9. The summed E-state index contributed by atoms with van der Waals surface area (Å²) in [7, 11) is 0. The summed E-state index contributed by atoms with van der Waals surface area (Å²) in [6.07, 6.45) is 2.40. The quantitative estimate of drug-likeness (QED) is 0.808. The van der Waals surface area contributed by atoms with E-state index in [0.717, 1.165) is 30.5 Å². The van der Waals surface area contributed by atoms with Crippen LogP contribution in [0.25, 0.3) is 0 Å². The second kappa shape index (κ2) is 7.70. The lowest BCUT2D eigenvalue weighted by Crippen LogP contribution is -2.58. The van der Waals surface area contributed by atoms with Crippen molar-refractivity contribution in [1.29, 1.82) is 5.26 Å². The van der Waals surface area contributed by atoms with Gasteiger partial charge < -0.3 is 14.8 Å². The SMILES string of the molecule is N#Cc1cc(F)cc(F)c1OC1CC2(CC(NC(=O)OCc3ccccc3)C2)C1. The number of nitrogens with zero attached hydrogens (tertiary/aromatic N) is 1. The third-order valence-electron chi connectivity index (χ3n) is 5.63. The van der Waals surface area contributed by atoms with Crippen LogP contribution in [0.4, 0.5) is 13.6 Å². The molecule has 7 heteroatoms. The largest absolute Gasteiger partial charge is 0.486 e. The summed E-state index contributed by atoms with van der Waals surface area (Å²) in [6.45, 7) is 0.227. The van der Waals surface area contributed by atoms with Crippen molar-refractivity contribution >= 4 is 6.09 Å². The molecule has 0 heterocycles. The summed E-state index contributed by atoms with van der Waals surface area (Å²) in [4.78, 5) is 11.9. The van der Waals surface area contributed by atoms with Gasteiger partial charge in [0.1, 0.15) is 24.6 Å². The molecule has 2 fully saturated rings. The normalized spacial score (nSPS) is 24.7. The molecule has 4 rings (SSSR count). The van der Waals surface area contributed by atoms with Crippen LogP contribution in [0.1, 0.15) is 36.8 Å². The zero-order valence-electron chi connectivity index (χ0n) is 15.7. The zero-order valence-corrected chi connectivity index (χ0v) is 15.7. The van der Waals surface area contributed by atoms with Gasteiger partial charge in [-0.1, -0.05) is 30.3 Å². The van der Waals surface area contributed by atoms with Crippen LogP contribution in [0.5, 0.6) is 5.75 Å². The summed E-state index contributed by atoms with van der Waals surface area (Å²) in [6, 6.07) is 13.0. The Hall–Kier alpha value is -3.14. The van der Waals surface area contributed by atoms with E-state index >= 15 is 0 Å². The molecular formula is C22H20F2N2O3. The van der Waals surface area contributed by atoms with Crippen molar-refractivity contribution in [3.8, 4) is 11.8 Å². The molecule has 0 unspecified atom stereocenters. The second-order valence-electron chi connectivity index (χ2n) is 7.84. The molecule has 2 aromatic rings. The van der Waals surface area contributed by atoms with Crippen molar-refractivity contribution in [1.82, 2.24) is 5.32 Å². The molecule has 0 bridgehead atoms. The van der Waals surface area contributed by atoms with Gasteiger partial charge in [0.05, 0.1) is 5.56 Å². The summed E-state index contributed by atoms with van der Waals surface area (Å²) in [5.41, 5.74) is 0.861. The van der Waals surface area contributed by atoms with Gasteiger partial charge in [0.15, 0.2) is 11.6 Å². The number of ether oxygens (including phenoxy) is 2. The lowest BCUT2D eigenvalue weighted by molar-refractivity contribution is -0.0854. The number of amides is 1. The van der Waals surface area contributed by atoms with Crippen molar-refractivity contribution in [2.24, 2.45) is 5.41 Å². The maximum absolute atomic E-state index is 13.9. The number of alkyl carbamates (subject to hydrolysis) is 1. The fourth-order valence-corrected chi connectivity index (χ4v) is 4.27. The molecule has 2 saturated carbocycles. The summed E-state index contributed by atoms with van der Waals surface area (Å²) < 4.78 is 38.0. The number of rotatable bonds is 5. The Balaban J connectivity index is 1.21. The zero-order chi connectivity index (χ0) is 20.4. The molecule has 1 amide bonds. The predicted octanol–water partition coefficient (Wildman–Crippen LogP) is 4.45. The Bertz CT molecular complexity index is 945. The van der Waals surface area contributed by atoms with Crippen LogP contribution in [0, 0.1) is 28.4 Å². The van der Waals surface area contributed by atoms with Crippen molar-refractivity contribution in [3.05, 3.63) is 65.2 Å². The van der Waals surface area contributed by atoms with Crippen molar-refractivity contribution < 1.29 is 23.0 Å². The minimum absolute atomic E-state index is 0.0523. The van der Waals surface area contributed by atoms with E-state index in [0.29, 0.717) is 12.8 Å². The maximum atomic E-state index is 13.9. The standard InChI is InChI=1S/C22H20F2N2O3/c23-16-6-15(12-25)20(19(24)7-16)29-18-10-22(11-18)8-17(9-22)26-21(27)28-13-14-4-2-1-3-5-14/h1-7,17-18H,8-11,13H2,(H,26,27). The third-order valence-corrected chi connectivity index (χ3v) is 5.63. The predicted molar refractivity (Wildman–Crippen MR) is 99.9 cm³/mol. The summed E-state index contributed by atoms with van der Waals surface area (Å²) >= 11 is 0. The lowest BCUT2D eigenvalue weighted by Gasteiger charge is -2.57. The average molecular weight is 398 g/mol. The lowest BCUT2D eigenvalue weighted by atomic mass is 9.53. The Morgan fingerprint density at radius 2 is 1.90 bits per heavy atom. The molecule has 150 valence electrons. The van der Waals surface area contributed by atoms with E-state index in [-0.39, 0.29) is 35.5 Å². The molecule has 0 radical (unpaired) electrons. The fourth-order valence-electron chi connectivity index (χ4n) is 4.27. The van der Waals surface area contributed by atoms with E-state index in [1.165, 1.54) is 0 Å². The third kappa shape index (κ3) is 4.16. The van der Waals surface area contributed by atoms with Gasteiger partial charge in [0.25, 0.3) is 0 Å². The molecule has 0 aliphatic heterocycles. The van der Waals surface area contributed by atoms with Gasteiger partial charge in [0, 0.05) is 12.1 Å². The molecular weight excluding hydrogens is 378 g/mol. The number of benzene rings is 2. The van der Waals surface area contributed by atoms with Crippen LogP contribution in [0.2, 0.25) is 0 Å².